The molecule has 3 radical (unpaired) electrons. The average molecular weight is 327 g/mol. The van der Waals surface area contributed by atoms with Crippen molar-refractivity contribution in [3.05, 3.63) is 12.1 Å². The molecule has 0 heterocycles. The van der Waals surface area contributed by atoms with E-state index in [0.717, 1.165) is 0 Å². The summed E-state index contributed by atoms with van der Waals surface area (Å²) in [5.74, 6) is 1.36. The molecule has 0 fully saturated rings. The van der Waals surface area contributed by atoms with Crippen LogP contribution >= 0.6 is 0 Å². The molecule has 22 heavy (non-hydrogen) atoms. The Labute approximate surface area is 135 Å². The summed E-state index contributed by atoms with van der Waals surface area (Å²) < 4.78 is 32.7. The van der Waals surface area contributed by atoms with Gasteiger partial charge >= 0.3 is 0 Å². The van der Waals surface area contributed by atoms with Gasteiger partial charge in [-0.05, 0) is 32.0 Å². The Morgan fingerprint density at radius 2 is 1.18 bits per heavy atom. The predicted molar refractivity (Wildman–Crippen MR) is 83.1 cm³/mol. The van der Waals surface area contributed by atoms with Gasteiger partial charge in [-0.2, -0.15) is 0 Å². The van der Waals surface area contributed by atoms with Gasteiger partial charge in [-0.3, -0.25) is 0 Å². The smallest absolute Gasteiger partial charge is 0.206 e. The van der Waals surface area contributed by atoms with Crippen LogP contribution in [-0.2, 0) is 14.2 Å². The normalized spacial score (nSPS) is 15.0. The van der Waals surface area contributed by atoms with Crippen molar-refractivity contribution in [3.63, 3.8) is 0 Å². The van der Waals surface area contributed by atoms with Crippen molar-refractivity contribution in [2.45, 2.75) is 39.6 Å². The Morgan fingerprint density at radius 3 is 1.68 bits per heavy atom. The minimum atomic E-state index is -0.478. The average Bonchev–Trinajstić information content (AvgIpc) is 2.52. The lowest BCUT2D eigenvalue weighted by Crippen LogP contribution is -2.23. The van der Waals surface area contributed by atoms with Gasteiger partial charge in [0.2, 0.25) is 5.75 Å². The molecule has 0 saturated carbocycles. The molecule has 6 nitrogen and oxygen atoms in total. The maximum Gasteiger partial charge on any atom is 0.206 e. The summed E-state index contributed by atoms with van der Waals surface area (Å²) in [6.07, 6.45) is -1.37. The molecule has 1 aromatic carbocycles. The summed E-state index contributed by atoms with van der Waals surface area (Å²) in [6, 6.07) is 3.57. The Morgan fingerprint density at radius 1 is 0.727 bits per heavy atom. The molecule has 1 aromatic rings. The highest BCUT2D eigenvalue weighted by atomic mass is 28.1. The van der Waals surface area contributed by atoms with Crippen LogP contribution in [0.3, 0.4) is 0 Å². The highest BCUT2D eigenvalue weighted by molar-refractivity contribution is 6.34. The second-order valence-corrected chi connectivity index (χ2v) is 5.07. The first-order valence-electron chi connectivity index (χ1n) is 6.89. The fraction of sp³-hybridized carbons (Fsp3) is 0.600. The molecule has 0 saturated heterocycles. The fourth-order valence-corrected chi connectivity index (χ4v) is 1.78. The van der Waals surface area contributed by atoms with E-state index in [-0.39, 0.29) is 0 Å². The molecule has 0 bridgehead atoms. The number of hydrogen-bond donors (Lipinski definition) is 0. The second kappa shape index (κ2) is 8.99. The molecule has 1 rings (SSSR count). The third kappa shape index (κ3) is 5.17. The van der Waals surface area contributed by atoms with Crippen LogP contribution in [-0.4, -0.2) is 50.4 Å². The molecule has 0 aliphatic heterocycles. The van der Waals surface area contributed by atoms with Crippen LogP contribution in [0, 0.1) is 0 Å². The van der Waals surface area contributed by atoms with Crippen molar-refractivity contribution in [1.29, 1.82) is 0 Å². The van der Waals surface area contributed by atoms with Crippen LogP contribution in [0.2, 0.25) is 0 Å². The standard InChI is InChI=1S/C15H23O6Si/c1-9(16-4)19-12-7-8-13(22)15(21-11(3)18-6)14(12)20-10(2)17-5/h7-11H,1-6H3. The zero-order valence-corrected chi connectivity index (χ0v) is 14.8. The number of ether oxygens (including phenoxy) is 6. The highest BCUT2D eigenvalue weighted by Crippen LogP contribution is 2.37. The van der Waals surface area contributed by atoms with Crippen molar-refractivity contribution in [2.24, 2.45) is 0 Å². The largest absolute Gasteiger partial charge is 0.461 e. The Balaban J connectivity index is 3.22. The summed E-state index contributed by atoms with van der Waals surface area (Å²) >= 11 is 0. The van der Waals surface area contributed by atoms with Crippen molar-refractivity contribution >= 4 is 15.4 Å². The third-order valence-corrected chi connectivity index (χ3v) is 3.33. The lowest BCUT2D eigenvalue weighted by molar-refractivity contribution is -0.0641. The lowest BCUT2D eigenvalue weighted by atomic mass is 10.3. The maximum absolute atomic E-state index is 5.78. The van der Waals surface area contributed by atoms with Gasteiger partial charge in [-0.25, -0.2) is 0 Å². The van der Waals surface area contributed by atoms with Crippen molar-refractivity contribution in [3.8, 4) is 17.2 Å². The van der Waals surface area contributed by atoms with Gasteiger partial charge < -0.3 is 28.4 Å². The SMILES string of the molecule is COC(C)Oc1ccc([Si])c(OC(C)OC)c1OC(C)OC. The van der Waals surface area contributed by atoms with E-state index in [0.29, 0.717) is 22.4 Å². The second-order valence-electron chi connectivity index (χ2n) is 4.53. The summed E-state index contributed by atoms with van der Waals surface area (Å²) in [5.41, 5.74) is 0. The number of methoxy groups -OCH3 is 3. The van der Waals surface area contributed by atoms with Crippen LogP contribution < -0.4 is 19.4 Å². The van der Waals surface area contributed by atoms with Gasteiger partial charge in [0.05, 0.1) is 10.2 Å². The number of hydrogen-bond acceptors (Lipinski definition) is 6. The third-order valence-electron chi connectivity index (χ3n) is 2.93. The Hall–Kier alpha value is -1.28. The molecule has 0 aliphatic rings. The minimum absolute atomic E-state index is 0.412. The summed E-state index contributed by atoms with van der Waals surface area (Å²) in [7, 11) is 8.18. The van der Waals surface area contributed by atoms with Crippen molar-refractivity contribution in [2.75, 3.05) is 21.3 Å². The van der Waals surface area contributed by atoms with Crippen LogP contribution in [0.1, 0.15) is 20.8 Å². The summed E-state index contributed by atoms with van der Waals surface area (Å²) in [4.78, 5) is 0. The van der Waals surface area contributed by atoms with Crippen LogP contribution in [0.4, 0.5) is 0 Å². The molecular formula is C15H23O6Si. The van der Waals surface area contributed by atoms with Crippen LogP contribution in [0.25, 0.3) is 0 Å². The maximum atomic E-state index is 5.78. The van der Waals surface area contributed by atoms with E-state index in [1.54, 1.807) is 54.2 Å². The topological polar surface area (TPSA) is 55.4 Å². The molecule has 0 amide bonds. The number of rotatable bonds is 9. The van der Waals surface area contributed by atoms with Gasteiger partial charge in [-0.1, -0.05) is 6.07 Å². The quantitative estimate of drug-likeness (QED) is 0.507. The molecule has 3 atom stereocenters. The minimum Gasteiger partial charge on any atom is -0.461 e. The summed E-state index contributed by atoms with van der Waals surface area (Å²) in [6.45, 7) is 5.33. The van der Waals surface area contributed by atoms with Gasteiger partial charge in [0.15, 0.2) is 30.4 Å². The molecule has 0 N–H and O–H groups in total. The monoisotopic (exact) mass is 327 g/mol. The zero-order valence-electron chi connectivity index (χ0n) is 13.8. The van der Waals surface area contributed by atoms with E-state index in [9.17, 15) is 0 Å². The first kappa shape index (κ1) is 18.8. The first-order valence-corrected chi connectivity index (χ1v) is 7.39. The molecule has 3 unspecified atom stereocenters. The van der Waals surface area contributed by atoms with Crippen molar-refractivity contribution < 1.29 is 28.4 Å². The van der Waals surface area contributed by atoms with E-state index in [2.05, 4.69) is 10.2 Å². The summed E-state index contributed by atoms with van der Waals surface area (Å²) in [5, 5.41) is 0.708. The molecule has 0 spiro atoms. The van der Waals surface area contributed by atoms with Gasteiger partial charge in [0.1, 0.15) is 0 Å². The van der Waals surface area contributed by atoms with Crippen LogP contribution in [0.15, 0.2) is 12.1 Å². The van der Waals surface area contributed by atoms with Gasteiger partial charge in [-0.15, -0.1) is 0 Å². The van der Waals surface area contributed by atoms with E-state index in [4.69, 9.17) is 28.4 Å². The van der Waals surface area contributed by atoms with Crippen LogP contribution in [0.5, 0.6) is 17.2 Å². The fourth-order valence-electron chi connectivity index (χ4n) is 1.52. The molecule has 123 valence electrons. The molecule has 7 heteroatoms. The molecule has 0 aromatic heterocycles. The van der Waals surface area contributed by atoms with Gasteiger partial charge in [0.25, 0.3) is 0 Å². The first-order chi connectivity index (χ1) is 10.4. The van der Waals surface area contributed by atoms with Crippen molar-refractivity contribution in [1.82, 2.24) is 0 Å². The van der Waals surface area contributed by atoms with E-state index < -0.39 is 18.9 Å². The predicted octanol–water partition coefficient (Wildman–Crippen LogP) is 1.59. The van der Waals surface area contributed by atoms with Gasteiger partial charge in [0, 0.05) is 21.3 Å². The van der Waals surface area contributed by atoms with E-state index >= 15 is 0 Å². The lowest BCUT2D eigenvalue weighted by Gasteiger charge is -2.24. The Bertz CT molecular complexity index is 468. The van der Waals surface area contributed by atoms with E-state index in [1.165, 1.54) is 0 Å². The zero-order chi connectivity index (χ0) is 16.7. The van der Waals surface area contributed by atoms with E-state index in [1.807, 2.05) is 0 Å². The Kier molecular flexibility index (Phi) is 7.67. The highest BCUT2D eigenvalue weighted by Gasteiger charge is 2.21. The molecule has 0 aliphatic carbocycles. The number of benzene rings is 1. The molecular weight excluding hydrogens is 304 g/mol.